The van der Waals surface area contributed by atoms with Gasteiger partial charge >= 0.3 is 0 Å². The standard InChI is InChI=1S/C13H13BrN2O3/c1-3-8-11(14)13(18)16-12(15-8)7-4-5-10(19-2)9(17)6-7/h4-6,17H,3H2,1-2H3,(H,15,16,18). The molecule has 1 aromatic heterocycles. The molecule has 0 aliphatic heterocycles. The average molecular weight is 325 g/mol. The van der Waals surface area contributed by atoms with Crippen LogP contribution >= 0.6 is 15.9 Å². The van der Waals surface area contributed by atoms with Crippen molar-refractivity contribution >= 4 is 15.9 Å². The Kier molecular flexibility index (Phi) is 3.90. The molecule has 1 aromatic carbocycles. The van der Waals surface area contributed by atoms with Gasteiger partial charge in [0.1, 0.15) is 10.3 Å². The summed E-state index contributed by atoms with van der Waals surface area (Å²) in [4.78, 5) is 18.8. The summed E-state index contributed by atoms with van der Waals surface area (Å²) in [6.07, 6.45) is 0.639. The summed E-state index contributed by atoms with van der Waals surface area (Å²) in [5, 5.41) is 9.75. The van der Waals surface area contributed by atoms with E-state index in [1.54, 1.807) is 12.1 Å². The largest absolute Gasteiger partial charge is 0.504 e. The van der Waals surface area contributed by atoms with Gasteiger partial charge in [-0.3, -0.25) is 4.79 Å². The number of benzene rings is 1. The first-order valence-corrected chi connectivity index (χ1v) is 6.52. The van der Waals surface area contributed by atoms with Crippen LogP contribution in [0.25, 0.3) is 11.4 Å². The molecular formula is C13H13BrN2O3. The van der Waals surface area contributed by atoms with E-state index in [0.717, 1.165) is 0 Å². The van der Waals surface area contributed by atoms with E-state index in [-0.39, 0.29) is 11.3 Å². The van der Waals surface area contributed by atoms with Crippen LogP contribution in [0, 0.1) is 0 Å². The zero-order chi connectivity index (χ0) is 14.0. The lowest BCUT2D eigenvalue weighted by Crippen LogP contribution is -2.13. The van der Waals surface area contributed by atoms with E-state index < -0.39 is 0 Å². The molecule has 2 aromatic rings. The van der Waals surface area contributed by atoms with Crippen LogP contribution in [0.4, 0.5) is 0 Å². The van der Waals surface area contributed by atoms with Crippen LogP contribution in [-0.4, -0.2) is 22.2 Å². The van der Waals surface area contributed by atoms with E-state index in [1.165, 1.54) is 13.2 Å². The minimum atomic E-state index is -0.239. The fourth-order valence-corrected chi connectivity index (χ4v) is 2.18. The van der Waals surface area contributed by atoms with Crippen LogP contribution < -0.4 is 10.3 Å². The van der Waals surface area contributed by atoms with Crippen molar-refractivity contribution in [3.8, 4) is 22.9 Å². The molecule has 0 fully saturated rings. The van der Waals surface area contributed by atoms with Gasteiger partial charge in [0.2, 0.25) is 0 Å². The number of aryl methyl sites for hydroxylation is 1. The van der Waals surface area contributed by atoms with Crippen molar-refractivity contribution in [1.82, 2.24) is 9.97 Å². The fourth-order valence-electron chi connectivity index (χ4n) is 1.71. The van der Waals surface area contributed by atoms with E-state index in [4.69, 9.17) is 4.74 Å². The Morgan fingerprint density at radius 1 is 1.47 bits per heavy atom. The van der Waals surface area contributed by atoms with Gasteiger partial charge in [0.25, 0.3) is 5.56 Å². The molecule has 0 radical (unpaired) electrons. The number of aromatic amines is 1. The van der Waals surface area contributed by atoms with Crippen molar-refractivity contribution in [2.45, 2.75) is 13.3 Å². The van der Waals surface area contributed by atoms with Crippen molar-refractivity contribution in [2.24, 2.45) is 0 Å². The van der Waals surface area contributed by atoms with Gasteiger partial charge in [-0.25, -0.2) is 4.98 Å². The molecule has 0 saturated carbocycles. The number of hydrogen-bond donors (Lipinski definition) is 2. The maximum atomic E-state index is 11.8. The molecule has 0 spiro atoms. The van der Waals surface area contributed by atoms with Gasteiger partial charge in [-0.15, -0.1) is 0 Å². The van der Waals surface area contributed by atoms with E-state index in [1.807, 2.05) is 6.92 Å². The summed E-state index contributed by atoms with van der Waals surface area (Å²) in [6.45, 7) is 1.92. The molecule has 0 unspecified atom stereocenters. The maximum absolute atomic E-state index is 11.8. The number of methoxy groups -OCH3 is 1. The molecule has 0 atom stereocenters. The summed E-state index contributed by atoms with van der Waals surface area (Å²) in [7, 11) is 1.48. The first-order valence-electron chi connectivity index (χ1n) is 5.72. The van der Waals surface area contributed by atoms with Crippen molar-refractivity contribution in [3.05, 3.63) is 38.7 Å². The van der Waals surface area contributed by atoms with Gasteiger partial charge in [-0.1, -0.05) is 6.92 Å². The summed E-state index contributed by atoms with van der Waals surface area (Å²) >= 11 is 3.21. The topological polar surface area (TPSA) is 75.2 Å². The number of aromatic nitrogens is 2. The Morgan fingerprint density at radius 2 is 2.21 bits per heavy atom. The first-order chi connectivity index (χ1) is 9.06. The van der Waals surface area contributed by atoms with Crippen LogP contribution in [0.15, 0.2) is 27.5 Å². The van der Waals surface area contributed by atoms with Gasteiger partial charge in [0.05, 0.1) is 12.8 Å². The molecule has 2 N–H and O–H groups in total. The van der Waals surface area contributed by atoms with Crippen LogP contribution in [0.2, 0.25) is 0 Å². The summed E-state index contributed by atoms with van der Waals surface area (Å²) in [5.41, 5.74) is 1.06. The highest BCUT2D eigenvalue weighted by Crippen LogP contribution is 2.30. The minimum absolute atomic E-state index is 0.00335. The number of aromatic hydroxyl groups is 1. The SMILES string of the molecule is CCc1nc(-c2ccc(OC)c(O)c2)[nH]c(=O)c1Br. The molecule has 5 nitrogen and oxygen atoms in total. The molecule has 1 heterocycles. The quantitative estimate of drug-likeness (QED) is 0.909. The molecule has 2 rings (SSSR count). The molecule has 0 amide bonds. The zero-order valence-corrected chi connectivity index (χ0v) is 12.1. The fraction of sp³-hybridized carbons (Fsp3) is 0.231. The smallest absolute Gasteiger partial charge is 0.265 e. The van der Waals surface area contributed by atoms with Crippen molar-refractivity contribution in [3.63, 3.8) is 0 Å². The predicted molar refractivity (Wildman–Crippen MR) is 75.6 cm³/mol. The summed E-state index contributed by atoms with van der Waals surface area (Å²) in [6, 6.07) is 4.85. The Labute approximate surface area is 118 Å². The van der Waals surface area contributed by atoms with E-state index in [0.29, 0.717) is 33.7 Å². The predicted octanol–water partition coefficient (Wildman–Crippen LogP) is 2.48. The number of halogens is 1. The molecule has 0 saturated heterocycles. The third kappa shape index (κ3) is 2.63. The van der Waals surface area contributed by atoms with Crippen LogP contribution in [0.3, 0.4) is 0 Å². The number of H-pyrrole nitrogens is 1. The molecule has 0 bridgehead atoms. The average Bonchev–Trinajstić information content (AvgIpc) is 2.41. The van der Waals surface area contributed by atoms with E-state index in [9.17, 15) is 9.90 Å². The summed E-state index contributed by atoms with van der Waals surface area (Å²) in [5.74, 6) is 0.797. The van der Waals surface area contributed by atoms with E-state index >= 15 is 0 Å². The highest BCUT2D eigenvalue weighted by molar-refractivity contribution is 9.10. The molecule has 0 aliphatic rings. The molecular weight excluding hydrogens is 312 g/mol. The van der Waals surface area contributed by atoms with Gasteiger partial charge < -0.3 is 14.8 Å². The molecule has 100 valence electrons. The van der Waals surface area contributed by atoms with Crippen molar-refractivity contribution in [1.29, 1.82) is 0 Å². The zero-order valence-electron chi connectivity index (χ0n) is 10.5. The van der Waals surface area contributed by atoms with Crippen LogP contribution in [0.1, 0.15) is 12.6 Å². The van der Waals surface area contributed by atoms with E-state index in [2.05, 4.69) is 25.9 Å². The number of hydrogen-bond acceptors (Lipinski definition) is 4. The second kappa shape index (κ2) is 5.44. The number of phenols is 1. The minimum Gasteiger partial charge on any atom is -0.504 e. The lowest BCUT2D eigenvalue weighted by molar-refractivity contribution is 0.373. The maximum Gasteiger partial charge on any atom is 0.265 e. The number of ether oxygens (including phenoxy) is 1. The summed E-state index contributed by atoms with van der Waals surface area (Å²) < 4.78 is 5.41. The highest BCUT2D eigenvalue weighted by atomic mass is 79.9. The molecule has 0 aliphatic carbocycles. The van der Waals surface area contributed by atoms with Crippen molar-refractivity contribution in [2.75, 3.05) is 7.11 Å². The molecule has 19 heavy (non-hydrogen) atoms. The normalized spacial score (nSPS) is 10.5. The third-order valence-corrected chi connectivity index (χ3v) is 3.54. The molecule has 6 heteroatoms. The number of nitrogens with one attached hydrogen (secondary N) is 1. The lowest BCUT2D eigenvalue weighted by atomic mass is 10.2. The third-order valence-electron chi connectivity index (χ3n) is 2.72. The number of nitrogens with zero attached hydrogens (tertiary/aromatic N) is 1. The Balaban J connectivity index is 2.56. The van der Waals surface area contributed by atoms with Crippen LogP contribution in [-0.2, 0) is 6.42 Å². The first kappa shape index (κ1) is 13.6. The van der Waals surface area contributed by atoms with Gasteiger partial charge in [0.15, 0.2) is 11.5 Å². The number of phenolic OH excluding ortho intramolecular Hbond substituents is 1. The second-order valence-electron chi connectivity index (χ2n) is 3.92. The Bertz CT molecular complexity index is 667. The van der Waals surface area contributed by atoms with Gasteiger partial charge in [-0.05, 0) is 40.5 Å². The monoisotopic (exact) mass is 324 g/mol. The van der Waals surface area contributed by atoms with Crippen molar-refractivity contribution < 1.29 is 9.84 Å². The van der Waals surface area contributed by atoms with Gasteiger partial charge in [0, 0.05) is 5.56 Å². The Hall–Kier alpha value is -1.82. The van der Waals surface area contributed by atoms with Crippen LogP contribution in [0.5, 0.6) is 11.5 Å². The lowest BCUT2D eigenvalue weighted by Gasteiger charge is -2.07. The second-order valence-corrected chi connectivity index (χ2v) is 4.71. The Morgan fingerprint density at radius 3 is 2.79 bits per heavy atom. The highest BCUT2D eigenvalue weighted by Gasteiger charge is 2.10. The number of rotatable bonds is 3. The van der Waals surface area contributed by atoms with Gasteiger partial charge in [-0.2, -0.15) is 0 Å².